The van der Waals surface area contributed by atoms with Crippen LogP contribution in [0.25, 0.3) is 22.3 Å². The lowest BCUT2D eigenvalue weighted by Gasteiger charge is -2.42. The summed E-state index contributed by atoms with van der Waals surface area (Å²) in [6.45, 7) is 6.37. The van der Waals surface area contributed by atoms with Crippen molar-refractivity contribution in [3.63, 3.8) is 0 Å². The highest BCUT2D eigenvalue weighted by atomic mass is 19.4. The van der Waals surface area contributed by atoms with Gasteiger partial charge in [-0.3, -0.25) is 14.6 Å². The van der Waals surface area contributed by atoms with Gasteiger partial charge in [-0.05, 0) is 81.6 Å². The number of carbonyl (C=O) groups excluding carboxylic acids is 1. The molecule has 7 aromatic carbocycles. The van der Waals surface area contributed by atoms with Crippen molar-refractivity contribution in [1.29, 1.82) is 0 Å². The predicted octanol–water partition coefficient (Wildman–Crippen LogP) is 12.3. The van der Waals surface area contributed by atoms with Crippen molar-refractivity contribution in [3.8, 4) is 22.3 Å². The van der Waals surface area contributed by atoms with Crippen LogP contribution in [0.15, 0.2) is 188 Å². The molecule has 1 amide bonds. The summed E-state index contributed by atoms with van der Waals surface area (Å²) in [6.07, 6.45) is -7.02. The number of hydrogen-bond donors (Lipinski definition) is 1. The van der Waals surface area contributed by atoms with Crippen LogP contribution in [-0.4, -0.2) is 72.0 Å². The van der Waals surface area contributed by atoms with Gasteiger partial charge >= 0.3 is 12.4 Å². The van der Waals surface area contributed by atoms with Crippen LogP contribution in [-0.2, 0) is 38.3 Å². The minimum atomic E-state index is -4.40. The van der Waals surface area contributed by atoms with Crippen molar-refractivity contribution in [3.05, 3.63) is 227 Å². The Balaban J connectivity index is 0.000000189. The largest absolute Gasteiger partial charge is 0.417 e. The third-order valence-electron chi connectivity index (χ3n) is 12.6. The van der Waals surface area contributed by atoms with Crippen LogP contribution in [0, 0.1) is 0 Å². The Morgan fingerprint density at radius 1 is 0.471 bits per heavy atom. The van der Waals surface area contributed by atoms with Crippen LogP contribution < -0.4 is 5.32 Å². The van der Waals surface area contributed by atoms with Crippen LogP contribution in [0.3, 0.4) is 0 Å². The van der Waals surface area contributed by atoms with Crippen LogP contribution in [0.4, 0.5) is 26.3 Å². The molecule has 2 aliphatic heterocycles. The predicted molar refractivity (Wildman–Crippen MR) is 258 cm³/mol. The van der Waals surface area contributed by atoms with Gasteiger partial charge in [0.25, 0.3) is 5.91 Å². The molecular weight excluding hydrogens is 871 g/mol. The van der Waals surface area contributed by atoms with E-state index in [1.807, 2.05) is 83.8 Å². The minimum Gasteiger partial charge on any atom is -0.333 e. The Kier molecular flexibility index (Phi) is 15.6. The lowest BCUT2D eigenvalue weighted by molar-refractivity contribution is -0.137. The number of halogens is 6. The minimum absolute atomic E-state index is 0.0109. The van der Waals surface area contributed by atoms with E-state index in [4.69, 9.17) is 0 Å². The van der Waals surface area contributed by atoms with Crippen LogP contribution >= 0.6 is 0 Å². The number of amides is 1. The van der Waals surface area contributed by atoms with E-state index in [1.54, 1.807) is 36.4 Å². The second kappa shape index (κ2) is 22.1. The van der Waals surface area contributed by atoms with Gasteiger partial charge in [-0.1, -0.05) is 164 Å². The molecule has 0 aromatic heterocycles. The topological polar surface area (TPSA) is 38.8 Å². The summed E-state index contributed by atoms with van der Waals surface area (Å²) in [4.78, 5) is 20.1. The standard InChI is InChI=1S/C32H29F3N2O.C25H25F3N2/c33-32(34,35)30-14-8-7-13-29(30)26-17-15-25(16-18-26)22-36-19-20-37(31(38)27-11-5-2-6-12-27)28(23-36)21-24-9-3-1-4-10-24;26-25(27,28)24-9-5-4-8-23(24)21-12-10-20(11-13-21)17-30-15-14-29-22(18-30)16-19-6-2-1-3-7-19/h1-18,28H,19-23H2;1-13,22,29H,14-18H2/t28-;22-/m11/s1. The molecule has 11 heteroatoms. The maximum atomic E-state index is 13.5. The number of piperazine rings is 2. The van der Waals surface area contributed by atoms with Crippen molar-refractivity contribution in [1.82, 2.24) is 20.0 Å². The molecule has 0 bridgehead atoms. The Morgan fingerprint density at radius 2 is 0.912 bits per heavy atom. The summed E-state index contributed by atoms with van der Waals surface area (Å²) in [6, 6.07) is 56.6. The molecule has 2 heterocycles. The fourth-order valence-electron chi connectivity index (χ4n) is 9.27. The molecule has 0 aliphatic carbocycles. The molecule has 2 aliphatic rings. The molecule has 0 unspecified atom stereocenters. The monoisotopic (exact) mass is 924 g/mol. The maximum Gasteiger partial charge on any atom is 0.417 e. The summed E-state index contributed by atoms with van der Waals surface area (Å²) in [5.41, 5.74) is 5.65. The highest BCUT2D eigenvalue weighted by Gasteiger charge is 2.35. The lowest BCUT2D eigenvalue weighted by Crippen LogP contribution is -2.55. The molecule has 2 atom stereocenters. The average molecular weight is 925 g/mol. The van der Waals surface area contributed by atoms with E-state index in [0.29, 0.717) is 42.4 Å². The van der Waals surface area contributed by atoms with Crippen molar-refractivity contribution >= 4 is 5.91 Å². The number of carbonyl (C=O) groups is 1. The smallest absolute Gasteiger partial charge is 0.333 e. The Hall–Kier alpha value is -6.53. The van der Waals surface area contributed by atoms with Gasteiger partial charge in [0, 0.05) is 70.0 Å². The molecule has 68 heavy (non-hydrogen) atoms. The van der Waals surface area contributed by atoms with E-state index < -0.39 is 23.5 Å². The zero-order valence-corrected chi connectivity index (χ0v) is 37.6. The number of nitrogens with zero attached hydrogens (tertiary/aromatic N) is 3. The molecule has 0 radical (unpaired) electrons. The molecular formula is C57H54F6N4O. The average Bonchev–Trinajstić information content (AvgIpc) is 3.35. The third-order valence-corrected chi connectivity index (χ3v) is 12.6. The van der Waals surface area contributed by atoms with Crippen molar-refractivity contribution in [2.45, 2.75) is 50.4 Å². The molecule has 350 valence electrons. The second-order valence-corrected chi connectivity index (χ2v) is 17.5. The van der Waals surface area contributed by atoms with E-state index in [2.05, 4.69) is 51.5 Å². The SMILES string of the molecule is FC(F)(F)c1ccccc1-c1ccc(CN2CCN[C@H](Cc3ccccc3)C2)cc1.O=C(c1ccccc1)N1CCN(Cc2ccc(-c3ccccc3C(F)(F)F)cc2)C[C@H]1Cc1ccccc1. The first kappa shape index (κ1) is 47.9. The summed E-state index contributed by atoms with van der Waals surface area (Å²) >= 11 is 0. The Labute approximate surface area is 394 Å². The van der Waals surface area contributed by atoms with Crippen LogP contribution in [0.1, 0.15) is 43.7 Å². The van der Waals surface area contributed by atoms with Crippen molar-refractivity contribution in [2.75, 3.05) is 39.3 Å². The maximum absolute atomic E-state index is 13.5. The highest BCUT2D eigenvalue weighted by Crippen LogP contribution is 2.38. The summed E-state index contributed by atoms with van der Waals surface area (Å²) in [7, 11) is 0. The third kappa shape index (κ3) is 12.7. The molecule has 0 saturated carbocycles. The molecule has 5 nitrogen and oxygen atoms in total. The van der Waals surface area contributed by atoms with Gasteiger partial charge in [0.15, 0.2) is 0 Å². The zero-order valence-electron chi connectivity index (χ0n) is 37.6. The summed E-state index contributed by atoms with van der Waals surface area (Å²) < 4.78 is 80.3. The van der Waals surface area contributed by atoms with Crippen LogP contribution in [0.2, 0.25) is 0 Å². The second-order valence-electron chi connectivity index (χ2n) is 17.5. The highest BCUT2D eigenvalue weighted by molar-refractivity contribution is 5.94. The lowest BCUT2D eigenvalue weighted by atomic mass is 9.98. The Morgan fingerprint density at radius 3 is 1.41 bits per heavy atom. The fourth-order valence-corrected chi connectivity index (χ4v) is 9.27. The zero-order chi connectivity index (χ0) is 47.5. The first-order valence-electron chi connectivity index (χ1n) is 23.0. The van der Waals surface area contributed by atoms with E-state index in [9.17, 15) is 31.1 Å². The number of benzene rings is 7. The van der Waals surface area contributed by atoms with Gasteiger partial charge < -0.3 is 10.2 Å². The van der Waals surface area contributed by atoms with Crippen LogP contribution in [0.5, 0.6) is 0 Å². The number of rotatable bonds is 11. The van der Waals surface area contributed by atoms with Gasteiger partial charge in [-0.2, -0.15) is 26.3 Å². The number of nitrogens with one attached hydrogen (secondary N) is 1. The molecule has 9 rings (SSSR count). The summed E-state index contributed by atoms with van der Waals surface area (Å²) in [5, 5.41) is 3.59. The van der Waals surface area contributed by atoms with E-state index >= 15 is 0 Å². The van der Waals surface area contributed by atoms with Gasteiger partial charge in [0.2, 0.25) is 0 Å². The normalized spacial score (nSPS) is 17.0. The fraction of sp³-hybridized carbons (Fsp3) is 0.246. The van der Waals surface area contributed by atoms with Gasteiger partial charge in [-0.15, -0.1) is 0 Å². The van der Waals surface area contributed by atoms with E-state index in [1.165, 1.54) is 35.4 Å². The number of alkyl halides is 6. The molecule has 2 fully saturated rings. The molecule has 7 aromatic rings. The molecule has 1 N–H and O–H groups in total. The van der Waals surface area contributed by atoms with E-state index in [0.717, 1.165) is 68.8 Å². The first-order valence-corrected chi connectivity index (χ1v) is 23.0. The quantitative estimate of drug-likeness (QED) is 0.131. The molecule has 2 saturated heterocycles. The van der Waals surface area contributed by atoms with Gasteiger partial charge in [0.05, 0.1) is 11.1 Å². The summed E-state index contributed by atoms with van der Waals surface area (Å²) in [5.74, 6) is 0.0406. The van der Waals surface area contributed by atoms with E-state index in [-0.39, 0.29) is 23.1 Å². The van der Waals surface area contributed by atoms with Gasteiger partial charge in [-0.25, -0.2) is 0 Å². The molecule has 0 spiro atoms. The van der Waals surface area contributed by atoms with Crippen molar-refractivity contribution in [2.24, 2.45) is 0 Å². The Bertz CT molecular complexity index is 2680. The number of hydrogen-bond acceptors (Lipinski definition) is 4. The first-order chi connectivity index (χ1) is 32.9. The van der Waals surface area contributed by atoms with Gasteiger partial charge in [0.1, 0.15) is 0 Å². The van der Waals surface area contributed by atoms with Crippen molar-refractivity contribution < 1.29 is 31.1 Å².